The molecule has 0 aliphatic rings. The predicted octanol–water partition coefficient (Wildman–Crippen LogP) is 5.47. The van der Waals surface area contributed by atoms with Gasteiger partial charge in [-0.25, -0.2) is 9.18 Å². The quantitative estimate of drug-likeness (QED) is 0.331. The molecule has 30 heavy (non-hydrogen) atoms. The molecule has 0 saturated heterocycles. The average Bonchev–Trinajstić information content (AvgIpc) is 2.69. The molecule has 9 heteroatoms. The third-order valence-corrected chi connectivity index (χ3v) is 5.23. The largest absolute Gasteiger partial charge is 0.505 e. The second-order valence-corrected chi connectivity index (χ2v) is 8.48. The molecular formula is C21H23BrFNO5S. The second-order valence-electron chi connectivity index (χ2n) is 7.25. The number of rotatable bonds is 8. The van der Waals surface area contributed by atoms with Gasteiger partial charge in [-0.1, -0.05) is 35.8 Å². The van der Waals surface area contributed by atoms with Crippen LogP contribution in [0.25, 0.3) is 0 Å². The first kappa shape index (κ1) is 24.0. The molecule has 2 aromatic rings. The smallest absolute Gasteiger partial charge is 0.412 e. The summed E-state index contributed by atoms with van der Waals surface area (Å²) in [5.41, 5.74) is 0.165. The minimum Gasteiger partial charge on any atom is -0.505 e. The number of phenolic OH excluding ortho intramolecular Hbond substituents is 1. The van der Waals surface area contributed by atoms with E-state index in [0.717, 1.165) is 10.5 Å². The Bertz CT molecular complexity index is 891. The van der Waals surface area contributed by atoms with Crippen molar-refractivity contribution >= 4 is 46.3 Å². The minimum absolute atomic E-state index is 0.0425. The maximum Gasteiger partial charge on any atom is 0.412 e. The van der Waals surface area contributed by atoms with E-state index < -0.39 is 35.1 Å². The number of thiol groups is 1. The van der Waals surface area contributed by atoms with E-state index in [-0.39, 0.29) is 12.4 Å². The highest BCUT2D eigenvalue weighted by Crippen LogP contribution is 2.40. The Morgan fingerprint density at radius 2 is 1.90 bits per heavy atom. The van der Waals surface area contributed by atoms with Crippen molar-refractivity contribution in [2.24, 2.45) is 5.41 Å². The van der Waals surface area contributed by atoms with Crippen LogP contribution in [-0.2, 0) is 14.3 Å². The van der Waals surface area contributed by atoms with E-state index in [1.165, 1.54) is 12.1 Å². The Labute approximate surface area is 188 Å². The van der Waals surface area contributed by atoms with E-state index in [4.69, 9.17) is 9.47 Å². The van der Waals surface area contributed by atoms with Crippen molar-refractivity contribution in [1.29, 1.82) is 0 Å². The molecule has 0 saturated carbocycles. The number of ether oxygens (including phenoxy) is 2. The Morgan fingerprint density at radius 3 is 2.50 bits per heavy atom. The first-order valence-electron chi connectivity index (χ1n) is 9.10. The van der Waals surface area contributed by atoms with Gasteiger partial charge in [0.1, 0.15) is 6.10 Å². The molecule has 0 bridgehead atoms. The van der Waals surface area contributed by atoms with Gasteiger partial charge >= 0.3 is 12.1 Å². The average molecular weight is 500 g/mol. The number of amides is 1. The molecule has 6 nitrogen and oxygen atoms in total. The van der Waals surface area contributed by atoms with Crippen LogP contribution in [-0.4, -0.2) is 29.5 Å². The van der Waals surface area contributed by atoms with E-state index >= 15 is 0 Å². The van der Waals surface area contributed by atoms with Gasteiger partial charge in [0.15, 0.2) is 11.6 Å². The summed E-state index contributed by atoms with van der Waals surface area (Å²) in [5, 5.41) is 12.1. The number of carbonyl (C=O) groups excluding carboxylic acids is 2. The zero-order chi connectivity index (χ0) is 22.3. The Balaban J connectivity index is 2.21. The van der Waals surface area contributed by atoms with Crippen molar-refractivity contribution in [3.8, 4) is 5.75 Å². The van der Waals surface area contributed by atoms with Crippen molar-refractivity contribution in [1.82, 2.24) is 0 Å². The molecular weight excluding hydrogens is 477 g/mol. The van der Waals surface area contributed by atoms with Crippen LogP contribution in [0.2, 0.25) is 0 Å². The first-order valence-corrected chi connectivity index (χ1v) is 10.5. The number of aromatic hydroxyl groups is 1. The summed E-state index contributed by atoms with van der Waals surface area (Å²) in [6.45, 7) is 3.70. The van der Waals surface area contributed by atoms with Crippen molar-refractivity contribution in [3.05, 3.63) is 58.3 Å². The minimum atomic E-state index is -0.877. The topological polar surface area (TPSA) is 84.9 Å². The number of carbonyl (C=O) groups is 2. The van der Waals surface area contributed by atoms with Crippen LogP contribution < -0.4 is 5.32 Å². The molecule has 2 N–H and O–H groups in total. The van der Waals surface area contributed by atoms with Crippen molar-refractivity contribution in [2.75, 3.05) is 17.7 Å². The molecule has 162 valence electrons. The highest BCUT2D eigenvalue weighted by atomic mass is 79.9. The van der Waals surface area contributed by atoms with Crippen LogP contribution in [0.5, 0.6) is 5.75 Å². The Kier molecular flexibility index (Phi) is 8.54. The molecule has 0 heterocycles. The number of esters is 1. The van der Waals surface area contributed by atoms with Gasteiger partial charge in [0.2, 0.25) is 0 Å². The van der Waals surface area contributed by atoms with E-state index in [1.807, 2.05) is 13.8 Å². The lowest BCUT2D eigenvalue weighted by Crippen LogP contribution is -2.30. The van der Waals surface area contributed by atoms with Crippen LogP contribution in [0, 0.1) is 11.2 Å². The maximum atomic E-state index is 14.0. The van der Waals surface area contributed by atoms with Gasteiger partial charge in [0.05, 0.1) is 12.4 Å². The number of nitrogens with one attached hydrogen (secondary N) is 1. The van der Waals surface area contributed by atoms with Gasteiger partial charge in [-0.05, 0) is 48.4 Å². The molecule has 0 unspecified atom stereocenters. The summed E-state index contributed by atoms with van der Waals surface area (Å²) in [4.78, 5) is 23.9. The summed E-state index contributed by atoms with van der Waals surface area (Å²) in [6.07, 6.45) is -1.26. The summed E-state index contributed by atoms with van der Waals surface area (Å²) in [5.74, 6) is -1.83. The second kappa shape index (κ2) is 10.7. The van der Waals surface area contributed by atoms with Gasteiger partial charge in [0, 0.05) is 15.6 Å². The fraction of sp³-hybridized carbons (Fsp3) is 0.333. The third kappa shape index (κ3) is 6.91. The van der Waals surface area contributed by atoms with Crippen LogP contribution in [0.15, 0.2) is 46.9 Å². The number of anilines is 1. The molecule has 0 aliphatic heterocycles. The van der Waals surface area contributed by atoms with Gasteiger partial charge in [0.25, 0.3) is 0 Å². The number of hydrogen-bond acceptors (Lipinski definition) is 6. The van der Waals surface area contributed by atoms with Gasteiger partial charge in [-0.15, -0.1) is 0 Å². The van der Waals surface area contributed by atoms with Gasteiger partial charge < -0.3 is 14.6 Å². The van der Waals surface area contributed by atoms with E-state index in [2.05, 4.69) is 33.9 Å². The first-order chi connectivity index (χ1) is 14.1. The number of benzene rings is 2. The summed E-state index contributed by atoms with van der Waals surface area (Å²) >= 11 is 7.18. The molecule has 0 fully saturated rings. The van der Waals surface area contributed by atoms with Crippen molar-refractivity contribution in [2.45, 2.75) is 26.4 Å². The normalized spacial score (nSPS) is 12.2. The van der Waals surface area contributed by atoms with Crippen molar-refractivity contribution in [3.63, 3.8) is 0 Å². The zero-order valence-corrected chi connectivity index (χ0v) is 19.0. The van der Waals surface area contributed by atoms with E-state index in [0.29, 0.717) is 17.7 Å². The molecule has 2 rings (SSSR count). The van der Waals surface area contributed by atoms with Crippen LogP contribution >= 0.6 is 28.6 Å². The van der Waals surface area contributed by atoms with Gasteiger partial charge in [-0.3, -0.25) is 10.1 Å². The highest BCUT2D eigenvalue weighted by Gasteiger charge is 2.35. The van der Waals surface area contributed by atoms with Crippen molar-refractivity contribution < 1.29 is 28.6 Å². The monoisotopic (exact) mass is 499 g/mol. The standard InChI is InChI=1S/C21H23BrFNO5S/c1-21(2,9-10-28-18(26)12-30)19(13-3-8-17(25)16(23)11-13)29-20(27)24-15-6-4-14(22)5-7-15/h3-8,11,19,25,30H,9-10,12H2,1-2H3,(H,24,27)/t19-/m1/s1. The molecule has 1 atom stereocenters. The molecule has 0 spiro atoms. The SMILES string of the molecule is CC(C)(CCOC(=O)CS)[C@H](OC(=O)Nc1ccc(Br)cc1)c1ccc(O)c(F)c1. The highest BCUT2D eigenvalue weighted by molar-refractivity contribution is 9.10. The third-order valence-electron chi connectivity index (χ3n) is 4.44. The lowest BCUT2D eigenvalue weighted by atomic mass is 9.80. The number of halogens is 2. The van der Waals surface area contributed by atoms with Crippen LogP contribution in [0.1, 0.15) is 31.9 Å². The fourth-order valence-corrected chi connectivity index (χ4v) is 3.11. The number of hydrogen-bond donors (Lipinski definition) is 3. The summed E-state index contributed by atoms with van der Waals surface area (Å²) < 4.78 is 25.5. The molecule has 0 radical (unpaired) electrons. The van der Waals surface area contributed by atoms with E-state index in [1.54, 1.807) is 24.3 Å². The summed E-state index contributed by atoms with van der Waals surface area (Å²) in [7, 11) is 0. The van der Waals surface area contributed by atoms with E-state index in [9.17, 15) is 19.1 Å². The molecule has 0 aliphatic carbocycles. The van der Waals surface area contributed by atoms with Crippen LogP contribution in [0.4, 0.5) is 14.9 Å². The Hall–Kier alpha value is -2.26. The van der Waals surface area contributed by atoms with Gasteiger partial charge in [-0.2, -0.15) is 12.6 Å². The summed E-state index contributed by atoms with van der Waals surface area (Å²) in [6, 6.07) is 10.7. The lowest BCUT2D eigenvalue weighted by Gasteiger charge is -2.34. The molecule has 0 aromatic heterocycles. The predicted molar refractivity (Wildman–Crippen MR) is 118 cm³/mol. The lowest BCUT2D eigenvalue weighted by molar-refractivity contribution is -0.141. The van der Waals surface area contributed by atoms with Crippen LogP contribution in [0.3, 0.4) is 0 Å². The Morgan fingerprint density at radius 1 is 1.23 bits per heavy atom. The zero-order valence-electron chi connectivity index (χ0n) is 16.5. The molecule has 2 aromatic carbocycles. The fourth-order valence-electron chi connectivity index (χ4n) is 2.76. The number of phenols is 1. The maximum absolute atomic E-state index is 14.0. The molecule has 1 amide bonds.